The Hall–Kier alpha value is 0.210. The molecule has 10 heavy (non-hydrogen) atoms. The van der Waals surface area contributed by atoms with Crippen LogP contribution < -0.4 is 5.32 Å². The second-order valence-electron chi connectivity index (χ2n) is 3.34. The summed E-state index contributed by atoms with van der Waals surface area (Å²) in [5, 5.41) is 12.7. The minimum absolute atomic E-state index is 0. The Bertz CT molecular complexity index is 94.3. The Balaban J connectivity index is 0.000000810. The van der Waals surface area contributed by atoms with Crippen LogP contribution in [0.15, 0.2) is 0 Å². The average Bonchev–Trinajstić information content (AvgIpc) is 2.08. The molecule has 0 aromatic carbocycles. The predicted octanol–water partition coefficient (Wildman–Crippen LogP) is 0.789. The first-order chi connectivity index (χ1) is 4.11. The number of rotatable bonds is 1. The standard InChI is InChI=1S/C7H15NO.ClH/c1-7(2,9)6-3-4-8-5-6;/h6,8-9H,3-5H2,1-2H3;1H/t6-;/m1./s1. The van der Waals surface area contributed by atoms with E-state index in [9.17, 15) is 5.11 Å². The molecule has 0 aliphatic carbocycles. The summed E-state index contributed by atoms with van der Waals surface area (Å²) < 4.78 is 0. The van der Waals surface area contributed by atoms with Gasteiger partial charge in [-0.15, -0.1) is 12.4 Å². The van der Waals surface area contributed by atoms with Gasteiger partial charge in [0.1, 0.15) is 0 Å². The van der Waals surface area contributed by atoms with Crippen molar-refractivity contribution in [2.24, 2.45) is 5.92 Å². The van der Waals surface area contributed by atoms with E-state index >= 15 is 0 Å². The van der Waals surface area contributed by atoms with Gasteiger partial charge in [-0.05, 0) is 26.8 Å². The summed E-state index contributed by atoms with van der Waals surface area (Å²) in [6.07, 6.45) is 1.11. The molecule has 0 radical (unpaired) electrons. The second kappa shape index (κ2) is 3.56. The van der Waals surface area contributed by atoms with Crippen LogP contribution in [0.3, 0.4) is 0 Å². The fourth-order valence-corrected chi connectivity index (χ4v) is 1.26. The maximum atomic E-state index is 9.48. The number of hydrogen-bond acceptors (Lipinski definition) is 2. The lowest BCUT2D eigenvalue weighted by atomic mass is 9.91. The molecule has 1 atom stereocenters. The van der Waals surface area contributed by atoms with Gasteiger partial charge in [0.05, 0.1) is 5.60 Å². The van der Waals surface area contributed by atoms with E-state index < -0.39 is 5.60 Å². The molecule has 62 valence electrons. The molecule has 1 aliphatic heterocycles. The van der Waals surface area contributed by atoms with Crippen molar-refractivity contribution in [1.29, 1.82) is 0 Å². The van der Waals surface area contributed by atoms with Crippen LogP contribution in [0.5, 0.6) is 0 Å². The molecule has 0 amide bonds. The Kier molecular flexibility index (Phi) is 3.63. The smallest absolute Gasteiger partial charge is 0.0632 e. The van der Waals surface area contributed by atoms with E-state index in [1.54, 1.807) is 0 Å². The third-order valence-corrected chi connectivity index (χ3v) is 2.06. The highest BCUT2D eigenvalue weighted by molar-refractivity contribution is 5.85. The summed E-state index contributed by atoms with van der Waals surface area (Å²) in [6.45, 7) is 5.80. The van der Waals surface area contributed by atoms with E-state index in [1.165, 1.54) is 0 Å². The maximum absolute atomic E-state index is 9.48. The molecule has 0 bridgehead atoms. The van der Waals surface area contributed by atoms with Crippen molar-refractivity contribution < 1.29 is 5.11 Å². The van der Waals surface area contributed by atoms with Crippen LogP contribution in [0.1, 0.15) is 20.3 Å². The summed E-state index contributed by atoms with van der Waals surface area (Å²) in [4.78, 5) is 0. The van der Waals surface area contributed by atoms with Crippen molar-refractivity contribution in [2.45, 2.75) is 25.9 Å². The van der Waals surface area contributed by atoms with E-state index in [-0.39, 0.29) is 12.4 Å². The van der Waals surface area contributed by atoms with Gasteiger partial charge in [0, 0.05) is 12.5 Å². The molecular formula is C7H16ClNO. The van der Waals surface area contributed by atoms with Gasteiger partial charge in [-0.1, -0.05) is 0 Å². The van der Waals surface area contributed by atoms with Crippen LogP contribution in [0.2, 0.25) is 0 Å². The minimum Gasteiger partial charge on any atom is -0.390 e. The highest BCUT2D eigenvalue weighted by Crippen LogP contribution is 2.21. The first-order valence-corrected chi connectivity index (χ1v) is 3.54. The Morgan fingerprint density at radius 3 is 2.30 bits per heavy atom. The molecule has 1 rings (SSSR count). The Morgan fingerprint density at radius 2 is 2.10 bits per heavy atom. The number of hydrogen-bond donors (Lipinski definition) is 2. The fraction of sp³-hybridized carbons (Fsp3) is 1.00. The highest BCUT2D eigenvalue weighted by Gasteiger charge is 2.28. The lowest BCUT2D eigenvalue weighted by Crippen LogP contribution is -2.32. The number of aliphatic hydroxyl groups is 1. The summed E-state index contributed by atoms with van der Waals surface area (Å²) in [5.74, 6) is 0.456. The molecule has 2 nitrogen and oxygen atoms in total. The third kappa shape index (κ3) is 2.45. The van der Waals surface area contributed by atoms with Gasteiger partial charge >= 0.3 is 0 Å². The second-order valence-corrected chi connectivity index (χ2v) is 3.34. The summed E-state index contributed by atoms with van der Waals surface area (Å²) >= 11 is 0. The molecule has 0 aromatic rings. The van der Waals surface area contributed by atoms with Gasteiger partial charge in [0.15, 0.2) is 0 Å². The van der Waals surface area contributed by atoms with Gasteiger partial charge in [0.2, 0.25) is 0 Å². The van der Waals surface area contributed by atoms with Crippen LogP contribution in [-0.4, -0.2) is 23.8 Å². The van der Waals surface area contributed by atoms with Crippen LogP contribution in [0.25, 0.3) is 0 Å². The number of halogens is 1. The van der Waals surface area contributed by atoms with Crippen molar-refractivity contribution in [3.05, 3.63) is 0 Å². The van der Waals surface area contributed by atoms with E-state index in [4.69, 9.17) is 0 Å². The molecule has 1 heterocycles. The van der Waals surface area contributed by atoms with Crippen LogP contribution in [0.4, 0.5) is 0 Å². The van der Waals surface area contributed by atoms with Crippen molar-refractivity contribution >= 4 is 12.4 Å². The molecule has 0 spiro atoms. The van der Waals surface area contributed by atoms with E-state index in [0.717, 1.165) is 19.5 Å². The monoisotopic (exact) mass is 165 g/mol. The molecule has 3 heteroatoms. The van der Waals surface area contributed by atoms with E-state index in [2.05, 4.69) is 5.32 Å². The predicted molar refractivity (Wildman–Crippen MR) is 44.5 cm³/mol. The molecule has 1 saturated heterocycles. The first kappa shape index (κ1) is 10.2. The number of nitrogens with one attached hydrogen (secondary N) is 1. The van der Waals surface area contributed by atoms with E-state index in [0.29, 0.717) is 5.92 Å². The van der Waals surface area contributed by atoms with Gasteiger partial charge in [0.25, 0.3) is 0 Å². The van der Waals surface area contributed by atoms with Crippen LogP contribution >= 0.6 is 12.4 Å². The van der Waals surface area contributed by atoms with Crippen LogP contribution in [-0.2, 0) is 0 Å². The van der Waals surface area contributed by atoms with Gasteiger partial charge in [-0.25, -0.2) is 0 Å². The quantitative estimate of drug-likeness (QED) is 0.602. The minimum atomic E-state index is -0.483. The average molecular weight is 166 g/mol. The summed E-state index contributed by atoms with van der Waals surface area (Å²) in [7, 11) is 0. The molecule has 0 saturated carbocycles. The largest absolute Gasteiger partial charge is 0.390 e. The Morgan fingerprint density at radius 1 is 1.50 bits per heavy atom. The van der Waals surface area contributed by atoms with E-state index in [1.807, 2.05) is 13.8 Å². The van der Waals surface area contributed by atoms with Crippen molar-refractivity contribution in [3.8, 4) is 0 Å². The molecule has 0 aromatic heterocycles. The molecular weight excluding hydrogens is 150 g/mol. The zero-order valence-electron chi connectivity index (χ0n) is 6.55. The molecule has 1 aliphatic rings. The van der Waals surface area contributed by atoms with Gasteiger partial charge in [-0.3, -0.25) is 0 Å². The lowest BCUT2D eigenvalue weighted by Gasteiger charge is -2.23. The van der Waals surface area contributed by atoms with Crippen molar-refractivity contribution in [3.63, 3.8) is 0 Å². The highest BCUT2D eigenvalue weighted by atomic mass is 35.5. The zero-order valence-corrected chi connectivity index (χ0v) is 7.37. The topological polar surface area (TPSA) is 32.3 Å². The maximum Gasteiger partial charge on any atom is 0.0632 e. The van der Waals surface area contributed by atoms with Crippen molar-refractivity contribution in [2.75, 3.05) is 13.1 Å². The molecule has 1 fully saturated rings. The van der Waals surface area contributed by atoms with Gasteiger partial charge in [-0.2, -0.15) is 0 Å². The fourth-order valence-electron chi connectivity index (χ4n) is 1.26. The van der Waals surface area contributed by atoms with Gasteiger partial charge < -0.3 is 10.4 Å². The molecule has 2 N–H and O–H groups in total. The van der Waals surface area contributed by atoms with Crippen molar-refractivity contribution in [1.82, 2.24) is 5.32 Å². The normalized spacial score (nSPS) is 26.1. The SMILES string of the molecule is CC(C)(O)[C@@H]1CCNC1.Cl. The third-order valence-electron chi connectivity index (χ3n) is 2.06. The zero-order chi connectivity index (χ0) is 6.91. The Labute approximate surface area is 68.4 Å². The summed E-state index contributed by atoms with van der Waals surface area (Å²) in [6, 6.07) is 0. The first-order valence-electron chi connectivity index (χ1n) is 3.54. The van der Waals surface area contributed by atoms with Crippen LogP contribution in [0, 0.1) is 5.92 Å². The lowest BCUT2D eigenvalue weighted by molar-refractivity contribution is 0.0256. The molecule has 0 unspecified atom stereocenters. The summed E-state index contributed by atoms with van der Waals surface area (Å²) in [5.41, 5.74) is -0.483.